The Bertz CT molecular complexity index is 751. The molecule has 25 heavy (non-hydrogen) atoms. The van der Waals surface area contributed by atoms with Crippen LogP contribution in [0, 0.1) is 0 Å². The van der Waals surface area contributed by atoms with Crippen molar-refractivity contribution in [1.29, 1.82) is 0 Å². The van der Waals surface area contributed by atoms with E-state index >= 15 is 0 Å². The van der Waals surface area contributed by atoms with Crippen molar-refractivity contribution in [3.05, 3.63) is 41.5 Å². The molecule has 0 atom stereocenters. The van der Waals surface area contributed by atoms with Crippen LogP contribution in [-0.4, -0.2) is 17.1 Å². The van der Waals surface area contributed by atoms with Gasteiger partial charge in [0.15, 0.2) is 0 Å². The van der Waals surface area contributed by atoms with Gasteiger partial charge in [-0.25, -0.2) is 4.98 Å². The molecular formula is C21H27N3O. The molecule has 1 saturated carbocycles. The Morgan fingerprint density at radius 3 is 2.44 bits per heavy atom. The molecular weight excluding hydrogens is 310 g/mol. The van der Waals surface area contributed by atoms with Gasteiger partial charge in [0, 0.05) is 11.6 Å². The van der Waals surface area contributed by atoms with Crippen LogP contribution in [0.5, 0.6) is 5.75 Å². The van der Waals surface area contributed by atoms with Crippen molar-refractivity contribution in [3.63, 3.8) is 0 Å². The zero-order valence-electron chi connectivity index (χ0n) is 14.7. The highest BCUT2D eigenvalue weighted by atomic mass is 16.5. The van der Waals surface area contributed by atoms with E-state index in [0.717, 1.165) is 50.0 Å². The molecule has 2 aliphatic carbocycles. The molecule has 1 aromatic carbocycles. The topological polar surface area (TPSA) is 74.2 Å². The van der Waals surface area contributed by atoms with E-state index in [9.17, 15) is 0 Å². The first kappa shape index (κ1) is 16.4. The summed E-state index contributed by atoms with van der Waals surface area (Å²) in [5.41, 5.74) is 16.9. The molecule has 4 rings (SSSR count). The molecule has 2 aliphatic rings. The van der Waals surface area contributed by atoms with E-state index in [1.165, 1.54) is 29.5 Å². The first-order valence-electron chi connectivity index (χ1n) is 9.50. The average molecular weight is 337 g/mol. The molecule has 0 amide bonds. The molecule has 0 unspecified atom stereocenters. The summed E-state index contributed by atoms with van der Waals surface area (Å²) in [4.78, 5) is 4.53. The fourth-order valence-corrected chi connectivity index (χ4v) is 4.17. The summed E-state index contributed by atoms with van der Waals surface area (Å²) in [7, 11) is 0. The molecule has 1 aromatic heterocycles. The van der Waals surface area contributed by atoms with E-state index in [-0.39, 0.29) is 0 Å². The zero-order valence-corrected chi connectivity index (χ0v) is 14.7. The van der Waals surface area contributed by atoms with Gasteiger partial charge >= 0.3 is 0 Å². The zero-order chi connectivity index (χ0) is 17.2. The van der Waals surface area contributed by atoms with Gasteiger partial charge in [0.25, 0.3) is 0 Å². The van der Waals surface area contributed by atoms with Gasteiger partial charge in [-0.3, -0.25) is 0 Å². The van der Waals surface area contributed by atoms with Crippen LogP contribution in [0.15, 0.2) is 30.3 Å². The number of aromatic nitrogens is 1. The van der Waals surface area contributed by atoms with Crippen LogP contribution in [0.25, 0.3) is 11.3 Å². The summed E-state index contributed by atoms with van der Waals surface area (Å²) in [6, 6.07) is 10.5. The van der Waals surface area contributed by atoms with Crippen molar-refractivity contribution in [1.82, 2.24) is 4.98 Å². The average Bonchev–Trinajstić information content (AvgIpc) is 2.64. The van der Waals surface area contributed by atoms with E-state index in [0.29, 0.717) is 18.0 Å². The van der Waals surface area contributed by atoms with Crippen LogP contribution >= 0.6 is 0 Å². The fourth-order valence-electron chi connectivity index (χ4n) is 4.17. The molecule has 0 radical (unpaired) electrons. The second-order valence-corrected chi connectivity index (χ2v) is 7.38. The number of ether oxygens (including phenoxy) is 1. The number of nitrogen functional groups attached to an aromatic ring is 1. The minimum absolute atomic E-state index is 0.308. The summed E-state index contributed by atoms with van der Waals surface area (Å²) < 4.78 is 6.42. The third kappa shape index (κ3) is 3.49. The first-order chi connectivity index (χ1) is 12.2. The third-order valence-corrected chi connectivity index (χ3v) is 5.55. The van der Waals surface area contributed by atoms with Gasteiger partial charge in [0.2, 0.25) is 0 Å². The first-order valence-corrected chi connectivity index (χ1v) is 9.50. The Hall–Kier alpha value is -2.07. The van der Waals surface area contributed by atoms with Gasteiger partial charge in [-0.05, 0) is 86.8 Å². The molecule has 4 heteroatoms. The van der Waals surface area contributed by atoms with E-state index in [1.807, 2.05) is 18.2 Å². The summed E-state index contributed by atoms with van der Waals surface area (Å²) in [6.45, 7) is 0. The highest BCUT2D eigenvalue weighted by Gasteiger charge is 2.24. The van der Waals surface area contributed by atoms with Crippen LogP contribution in [0.4, 0.5) is 5.82 Å². The van der Waals surface area contributed by atoms with Crippen LogP contribution < -0.4 is 16.2 Å². The number of hydrogen-bond donors (Lipinski definition) is 2. The van der Waals surface area contributed by atoms with Crippen molar-refractivity contribution in [3.8, 4) is 17.0 Å². The highest BCUT2D eigenvalue weighted by molar-refractivity contribution is 5.69. The lowest BCUT2D eigenvalue weighted by Gasteiger charge is -2.29. The predicted octanol–water partition coefficient (Wildman–Crippen LogP) is 3.86. The molecule has 132 valence electrons. The second kappa shape index (κ2) is 7.04. The van der Waals surface area contributed by atoms with Crippen molar-refractivity contribution < 1.29 is 4.74 Å². The van der Waals surface area contributed by atoms with E-state index in [2.05, 4.69) is 17.1 Å². The smallest absolute Gasteiger partial charge is 0.124 e. The Labute approximate surface area is 149 Å². The number of rotatable bonds is 3. The normalized spacial score (nSPS) is 23.1. The van der Waals surface area contributed by atoms with Gasteiger partial charge in [-0.1, -0.05) is 6.07 Å². The predicted molar refractivity (Wildman–Crippen MR) is 102 cm³/mol. The van der Waals surface area contributed by atoms with Gasteiger partial charge in [-0.15, -0.1) is 0 Å². The van der Waals surface area contributed by atoms with Crippen LogP contribution in [-0.2, 0) is 12.8 Å². The van der Waals surface area contributed by atoms with Crippen LogP contribution in [0.1, 0.15) is 49.7 Å². The molecule has 0 bridgehead atoms. The number of hydrogen-bond acceptors (Lipinski definition) is 4. The summed E-state index contributed by atoms with van der Waals surface area (Å²) in [5.74, 6) is 1.64. The lowest BCUT2D eigenvalue weighted by molar-refractivity contribution is 0.145. The van der Waals surface area contributed by atoms with Gasteiger partial charge < -0.3 is 16.2 Å². The molecule has 4 N–H and O–H groups in total. The van der Waals surface area contributed by atoms with Crippen molar-refractivity contribution in [2.24, 2.45) is 5.73 Å². The lowest BCUT2D eigenvalue weighted by atomic mass is 9.86. The summed E-state index contributed by atoms with van der Waals surface area (Å²) in [6.07, 6.45) is 9.21. The summed E-state index contributed by atoms with van der Waals surface area (Å²) in [5, 5.41) is 0. The summed E-state index contributed by atoms with van der Waals surface area (Å²) >= 11 is 0. The standard InChI is InChI=1S/C21H27N3O/c22-14-8-10-15(11-9-14)25-20-13-12-17(16-4-1-2-5-18(16)20)19-6-3-7-21(23)24-19/h3,6-7,12-15H,1-2,4-5,8-11,22H2,(H2,23,24). The maximum absolute atomic E-state index is 6.42. The quantitative estimate of drug-likeness (QED) is 0.892. The van der Waals surface area contributed by atoms with Gasteiger partial charge in [-0.2, -0.15) is 0 Å². The molecule has 0 spiro atoms. The highest BCUT2D eigenvalue weighted by Crippen LogP contribution is 2.38. The number of nitrogens with zero attached hydrogens (tertiary/aromatic N) is 1. The number of pyridine rings is 1. The van der Waals surface area contributed by atoms with Gasteiger partial charge in [0.05, 0.1) is 11.8 Å². The Balaban J connectivity index is 1.66. The number of nitrogens with two attached hydrogens (primary N) is 2. The Morgan fingerprint density at radius 1 is 0.920 bits per heavy atom. The maximum atomic E-state index is 6.42. The number of fused-ring (bicyclic) bond motifs is 1. The third-order valence-electron chi connectivity index (χ3n) is 5.55. The molecule has 1 fully saturated rings. The minimum Gasteiger partial charge on any atom is -0.490 e. The largest absolute Gasteiger partial charge is 0.490 e. The SMILES string of the molecule is Nc1cccc(-c2ccc(OC3CCC(N)CC3)c3c2CCCC3)n1. The second-order valence-electron chi connectivity index (χ2n) is 7.38. The molecule has 2 aromatic rings. The number of anilines is 1. The van der Waals surface area contributed by atoms with Crippen LogP contribution in [0.2, 0.25) is 0 Å². The van der Waals surface area contributed by atoms with E-state index in [1.54, 1.807) is 0 Å². The van der Waals surface area contributed by atoms with Gasteiger partial charge in [0.1, 0.15) is 11.6 Å². The number of benzene rings is 1. The van der Waals surface area contributed by atoms with E-state index in [4.69, 9.17) is 16.2 Å². The Kier molecular flexibility index (Phi) is 4.62. The minimum atomic E-state index is 0.308. The molecule has 1 heterocycles. The van der Waals surface area contributed by atoms with Crippen molar-refractivity contribution >= 4 is 5.82 Å². The maximum Gasteiger partial charge on any atom is 0.124 e. The molecule has 0 aliphatic heterocycles. The van der Waals surface area contributed by atoms with Crippen molar-refractivity contribution in [2.75, 3.05) is 5.73 Å². The van der Waals surface area contributed by atoms with E-state index < -0.39 is 0 Å². The monoisotopic (exact) mass is 337 g/mol. The van der Waals surface area contributed by atoms with Crippen LogP contribution in [0.3, 0.4) is 0 Å². The molecule has 4 nitrogen and oxygen atoms in total. The Morgan fingerprint density at radius 2 is 1.68 bits per heavy atom. The fraction of sp³-hybridized carbons (Fsp3) is 0.476. The lowest BCUT2D eigenvalue weighted by Crippen LogP contribution is -2.32. The molecule has 0 saturated heterocycles. The van der Waals surface area contributed by atoms with Crippen molar-refractivity contribution in [2.45, 2.75) is 63.5 Å².